The molecule has 3 amide bonds. The van der Waals surface area contributed by atoms with E-state index in [2.05, 4.69) is 5.32 Å². The van der Waals surface area contributed by atoms with Crippen molar-refractivity contribution in [3.8, 4) is 0 Å². The highest BCUT2D eigenvalue weighted by molar-refractivity contribution is 8.01. The fourth-order valence-corrected chi connectivity index (χ4v) is 4.39. The molecule has 0 aromatic heterocycles. The van der Waals surface area contributed by atoms with Crippen LogP contribution in [-0.2, 0) is 4.79 Å². The van der Waals surface area contributed by atoms with Gasteiger partial charge >= 0.3 is 6.03 Å². The number of hydrogen-bond donors (Lipinski definition) is 1. The van der Waals surface area contributed by atoms with Crippen molar-refractivity contribution in [2.75, 3.05) is 20.1 Å². The Bertz CT molecular complexity index is 660. The maximum Gasteiger partial charge on any atom is 0.317 e. The highest BCUT2D eigenvalue weighted by Crippen LogP contribution is 2.44. The number of carbonyl (C=O) groups is 2. The Kier molecular flexibility index (Phi) is 7.14. The second kappa shape index (κ2) is 8.95. The van der Waals surface area contributed by atoms with Gasteiger partial charge in [-0.1, -0.05) is 19.1 Å². The van der Waals surface area contributed by atoms with Gasteiger partial charge in [0.2, 0.25) is 5.91 Å². The van der Waals surface area contributed by atoms with Crippen LogP contribution in [0, 0.1) is 5.82 Å². The molecule has 7 heteroatoms. The van der Waals surface area contributed by atoms with E-state index in [1.54, 1.807) is 35.8 Å². The standard InChI is InChI=1S/C20H30FN3O2S/c1-6-16-17(25)24(18(27-16)14-8-10-15(21)11-9-14)13-7-12-23(5)19(26)22-20(2,3)4/h8-11,16,18H,6-7,12-13H2,1-5H3,(H,22,26)/t16-,18+/m1/s1. The first-order chi connectivity index (χ1) is 12.6. The maximum atomic E-state index is 13.2. The average molecular weight is 396 g/mol. The molecule has 1 aliphatic rings. The van der Waals surface area contributed by atoms with E-state index in [0.717, 1.165) is 12.0 Å². The Morgan fingerprint density at radius 3 is 2.48 bits per heavy atom. The molecular formula is C20H30FN3O2S. The van der Waals surface area contributed by atoms with Crippen LogP contribution in [0.25, 0.3) is 0 Å². The van der Waals surface area contributed by atoms with Gasteiger partial charge in [0.15, 0.2) is 0 Å². The Morgan fingerprint density at radius 2 is 1.93 bits per heavy atom. The summed E-state index contributed by atoms with van der Waals surface area (Å²) in [6.45, 7) is 8.96. The van der Waals surface area contributed by atoms with E-state index >= 15 is 0 Å². The predicted molar refractivity (Wildman–Crippen MR) is 108 cm³/mol. The molecule has 1 aliphatic heterocycles. The second-order valence-corrected chi connectivity index (χ2v) is 9.21. The largest absolute Gasteiger partial charge is 0.333 e. The van der Waals surface area contributed by atoms with Crippen LogP contribution in [0.15, 0.2) is 24.3 Å². The van der Waals surface area contributed by atoms with Crippen LogP contribution in [0.5, 0.6) is 0 Å². The summed E-state index contributed by atoms with van der Waals surface area (Å²) in [5.41, 5.74) is 0.652. The maximum absolute atomic E-state index is 13.2. The lowest BCUT2D eigenvalue weighted by atomic mass is 10.1. The fraction of sp³-hybridized carbons (Fsp3) is 0.600. The average Bonchev–Trinajstić information content (AvgIpc) is 2.90. The minimum Gasteiger partial charge on any atom is -0.333 e. The molecule has 1 N–H and O–H groups in total. The zero-order valence-corrected chi connectivity index (χ0v) is 17.6. The molecule has 2 atom stereocenters. The molecule has 1 saturated heterocycles. The molecule has 1 aromatic carbocycles. The van der Waals surface area contributed by atoms with Crippen LogP contribution in [0.1, 0.15) is 51.5 Å². The van der Waals surface area contributed by atoms with Crippen molar-refractivity contribution in [2.45, 2.75) is 56.7 Å². The van der Waals surface area contributed by atoms with Gasteiger partial charge in [-0.2, -0.15) is 0 Å². The number of amides is 3. The third-order valence-electron chi connectivity index (χ3n) is 4.38. The van der Waals surface area contributed by atoms with Gasteiger partial charge in [-0.05, 0) is 51.3 Å². The SMILES string of the molecule is CC[C@H]1S[C@@H](c2ccc(F)cc2)N(CCCN(C)C(=O)NC(C)(C)C)C1=O. The highest BCUT2D eigenvalue weighted by atomic mass is 32.2. The van der Waals surface area contributed by atoms with Crippen LogP contribution in [-0.4, -0.2) is 52.7 Å². The number of thioether (sulfide) groups is 1. The molecule has 2 rings (SSSR count). The Hall–Kier alpha value is -1.76. The number of nitrogens with zero attached hydrogens (tertiary/aromatic N) is 2. The molecule has 0 saturated carbocycles. The lowest BCUT2D eigenvalue weighted by molar-refractivity contribution is -0.130. The number of benzene rings is 1. The van der Waals surface area contributed by atoms with Gasteiger partial charge in [0.1, 0.15) is 11.2 Å². The molecule has 0 bridgehead atoms. The predicted octanol–water partition coefficient (Wildman–Crippen LogP) is 4.01. The highest BCUT2D eigenvalue weighted by Gasteiger charge is 2.39. The van der Waals surface area contributed by atoms with Gasteiger partial charge in [0, 0.05) is 25.7 Å². The zero-order chi connectivity index (χ0) is 20.2. The summed E-state index contributed by atoms with van der Waals surface area (Å²) in [6, 6.07) is 6.24. The van der Waals surface area contributed by atoms with Crippen LogP contribution in [0.4, 0.5) is 9.18 Å². The van der Waals surface area contributed by atoms with Crippen LogP contribution < -0.4 is 5.32 Å². The smallest absolute Gasteiger partial charge is 0.317 e. The topological polar surface area (TPSA) is 52.6 Å². The van der Waals surface area contributed by atoms with E-state index in [9.17, 15) is 14.0 Å². The third kappa shape index (κ3) is 5.86. The van der Waals surface area contributed by atoms with Gasteiger partial charge in [-0.15, -0.1) is 11.8 Å². The van der Waals surface area contributed by atoms with Crippen molar-refractivity contribution < 1.29 is 14.0 Å². The van der Waals surface area contributed by atoms with Crippen molar-refractivity contribution in [3.05, 3.63) is 35.6 Å². The minimum absolute atomic E-state index is 0.0676. The van der Waals surface area contributed by atoms with E-state index in [0.29, 0.717) is 19.5 Å². The van der Waals surface area contributed by atoms with Crippen LogP contribution in [0.3, 0.4) is 0 Å². The molecule has 5 nitrogen and oxygen atoms in total. The van der Waals surface area contributed by atoms with Gasteiger partial charge in [-0.3, -0.25) is 4.79 Å². The van der Waals surface area contributed by atoms with Crippen molar-refractivity contribution in [2.24, 2.45) is 0 Å². The summed E-state index contributed by atoms with van der Waals surface area (Å²) in [5, 5.41) is 2.76. The first kappa shape index (κ1) is 21.5. The quantitative estimate of drug-likeness (QED) is 0.792. The second-order valence-electron chi connectivity index (χ2n) is 7.92. The number of rotatable bonds is 6. The number of nitrogens with one attached hydrogen (secondary N) is 1. The normalized spacial score (nSPS) is 20.1. The molecule has 27 heavy (non-hydrogen) atoms. The van der Waals surface area contributed by atoms with E-state index in [4.69, 9.17) is 0 Å². The van der Waals surface area contributed by atoms with Gasteiger partial charge in [0.25, 0.3) is 0 Å². The van der Waals surface area contributed by atoms with Gasteiger partial charge in [-0.25, -0.2) is 9.18 Å². The molecule has 0 radical (unpaired) electrons. The van der Waals surface area contributed by atoms with E-state index in [1.807, 2.05) is 32.6 Å². The molecule has 150 valence electrons. The number of hydrogen-bond acceptors (Lipinski definition) is 3. The third-order valence-corrected chi connectivity index (χ3v) is 6.03. The first-order valence-electron chi connectivity index (χ1n) is 9.37. The first-order valence-corrected chi connectivity index (χ1v) is 10.3. The lowest BCUT2D eigenvalue weighted by Crippen LogP contribution is -2.47. The molecule has 0 aliphatic carbocycles. The van der Waals surface area contributed by atoms with Crippen molar-refractivity contribution in [3.63, 3.8) is 0 Å². The summed E-state index contributed by atoms with van der Waals surface area (Å²) in [7, 11) is 1.76. The Balaban J connectivity index is 1.98. The lowest BCUT2D eigenvalue weighted by Gasteiger charge is -2.27. The Morgan fingerprint density at radius 1 is 1.30 bits per heavy atom. The monoisotopic (exact) mass is 395 g/mol. The van der Waals surface area contributed by atoms with Crippen LogP contribution in [0.2, 0.25) is 0 Å². The minimum atomic E-state index is -0.283. The zero-order valence-electron chi connectivity index (χ0n) is 16.8. The Labute approximate surface area is 165 Å². The van der Waals surface area contributed by atoms with E-state index in [1.165, 1.54) is 12.1 Å². The van der Waals surface area contributed by atoms with Gasteiger partial charge < -0.3 is 15.1 Å². The van der Waals surface area contributed by atoms with E-state index in [-0.39, 0.29) is 33.9 Å². The molecule has 1 fully saturated rings. The molecule has 0 unspecified atom stereocenters. The van der Waals surface area contributed by atoms with Gasteiger partial charge in [0.05, 0.1) is 5.25 Å². The van der Waals surface area contributed by atoms with Crippen molar-refractivity contribution in [1.29, 1.82) is 0 Å². The number of carbonyl (C=O) groups excluding carboxylic acids is 2. The van der Waals surface area contributed by atoms with Crippen molar-refractivity contribution >= 4 is 23.7 Å². The summed E-state index contributed by atoms with van der Waals surface area (Å²) < 4.78 is 13.2. The summed E-state index contributed by atoms with van der Waals surface area (Å²) >= 11 is 1.62. The molecule has 1 aromatic rings. The fourth-order valence-electron chi connectivity index (χ4n) is 2.97. The molecule has 1 heterocycles. The van der Waals surface area contributed by atoms with Crippen LogP contribution >= 0.6 is 11.8 Å². The van der Waals surface area contributed by atoms with E-state index < -0.39 is 0 Å². The molecular weight excluding hydrogens is 365 g/mol. The molecule has 0 spiro atoms. The van der Waals surface area contributed by atoms with Crippen molar-refractivity contribution in [1.82, 2.24) is 15.1 Å². The number of halogens is 1. The summed E-state index contributed by atoms with van der Waals surface area (Å²) in [6.07, 6.45) is 1.46. The number of urea groups is 1. The summed E-state index contributed by atoms with van der Waals surface area (Å²) in [5.74, 6) is -0.156. The summed E-state index contributed by atoms with van der Waals surface area (Å²) in [4.78, 5) is 28.4.